The average Bonchev–Trinajstić information content (AvgIpc) is 3.85. The maximum Gasteiger partial charge on any atom is 0.0725 e. The standard InChI is InChI=1S/C58H41N/c1-57(2)50-23-11-6-19-44(50)48-35-33-42(37-54(48)57)59(56-27-15-10-18-43(56)39-16-4-3-5-17-39)41-31-28-38(29-32-41)40-30-34-49-47-22-9-14-26-53(47)58(55(49)36-40)51-24-12-7-20-45(51)46-21-8-13-25-52(46)58/h3-37H,1-2H3. The van der Waals surface area contributed by atoms with Crippen LogP contribution in [0.5, 0.6) is 0 Å². The van der Waals surface area contributed by atoms with Crippen molar-refractivity contribution < 1.29 is 0 Å². The molecule has 0 unspecified atom stereocenters. The number of hydrogen-bond donors (Lipinski definition) is 0. The third-order valence-corrected chi connectivity index (χ3v) is 13.5. The van der Waals surface area contributed by atoms with Gasteiger partial charge in [0.25, 0.3) is 0 Å². The normalized spacial score (nSPS) is 14.2. The van der Waals surface area contributed by atoms with Crippen molar-refractivity contribution in [2.75, 3.05) is 4.90 Å². The molecule has 0 radical (unpaired) electrons. The Labute approximate surface area is 346 Å². The molecule has 0 N–H and O–H groups in total. The molecule has 3 aliphatic rings. The van der Waals surface area contributed by atoms with Gasteiger partial charge in [0.15, 0.2) is 0 Å². The van der Waals surface area contributed by atoms with Crippen molar-refractivity contribution >= 4 is 17.1 Å². The summed E-state index contributed by atoms with van der Waals surface area (Å²) in [4.78, 5) is 2.45. The van der Waals surface area contributed by atoms with E-state index >= 15 is 0 Å². The summed E-state index contributed by atoms with van der Waals surface area (Å²) < 4.78 is 0. The first-order valence-corrected chi connectivity index (χ1v) is 20.8. The smallest absolute Gasteiger partial charge is 0.0725 e. The lowest BCUT2D eigenvalue weighted by molar-refractivity contribution is 0.660. The van der Waals surface area contributed by atoms with Gasteiger partial charge in [-0.2, -0.15) is 0 Å². The van der Waals surface area contributed by atoms with Crippen LogP contribution < -0.4 is 4.90 Å². The van der Waals surface area contributed by atoms with Crippen LogP contribution in [0.15, 0.2) is 212 Å². The first kappa shape index (κ1) is 33.9. The minimum Gasteiger partial charge on any atom is -0.310 e. The maximum atomic E-state index is 2.48. The van der Waals surface area contributed by atoms with E-state index in [1.807, 2.05) is 0 Å². The maximum absolute atomic E-state index is 2.48. The summed E-state index contributed by atoms with van der Waals surface area (Å²) in [5.41, 5.74) is 23.9. The Hall–Kier alpha value is -7.22. The van der Waals surface area contributed by atoms with Crippen LogP contribution in [0.2, 0.25) is 0 Å². The van der Waals surface area contributed by atoms with E-state index in [1.54, 1.807) is 0 Å². The highest BCUT2D eigenvalue weighted by Crippen LogP contribution is 2.63. The van der Waals surface area contributed by atoms with E-state index < -0.39 is 0 Å². The fourth-order valence-electron chi connectivity index (χ4n) is 10.9. The van der Waals surface area contributed by atoms with Crippen molar-refractivity contribution in [3.05, 3.63) is 246 Å². The van der Waals surface area contributed by atoms with Gasteiger partial charge < -0.3 is 4.90 Å². The summed E-state index contributed by atoms with van der Waals surface area (Å²) in [6.07, 6.45) is 0. The van der Waals surface area contributed by atoms with E-state index in [-0.39, 0.29) is 10.8 Å². The van der Waals surface area contributed by atoms with Gasteiger partial charge in [-0.3, -0.25) is 0 Å². The molecule has 0 aliphatic heterocycles. The number of para-hydroxylation sites is 1. The van der Waals surface area contributed by atoms with Crippen molar-refractivity contribution in [2.45, 2.75) is 24.7 Å². The second-order valence-corrected chi connectivity index (χ2v) is 16.8. The molecule has 278 valence electrons. The van der Waals surface area contributed by atoms with E-state index in [4.69, 9.17) is 0 Å². The molecule has 9 aromatic carbocycles. The molecule has 0 saturated heterocycles. The molecule has 0 amide bonds. The minimum atomic E-state index is -0.367. The molecule has 1 spiro atoms. The Morgan fingerprint density at radius 1 is 0.288 bits per heavy atom. The lowest BCUT2D eigenvalue weighted by Gasteiger charge is -2.31. The van der Waals surface area contributed by atoms with Crippen LogP contribution in [-0.2, 0) is 10.8 Å². The van der Waals surface area contributed by atoms with Gasteiger partial charge in [0.05, 0.1) is 11.1 Å². The molecule has 0 heterocycles. The highest BCUT2D eigenvalue weighted by Gasteiger charge is 2.51. The van der Waals surface area contributed by atoms with Gasteiger partial charge in [-0.15, -0.1) is 0 Å². The zero-order chi connectivity index (χ0) is 39.3. The molecule has 0 atom stereocenters. The molecule has 12 rings (SSSR count). The molecule has 0 bridgehead atoms. The Morgan fingerprint density at radius 3 is 1.36 bits per heavy atom. The average molecular weight is 752 g/mol. The van der Waals surface area contributed by atoms with Gasteiger partial charge in [-0.05, 0) is 120 Å². The molecular weight excluding hydrogens is 711 g/mol. The highest BCUT2D eigenvalue weighted by atomic mass is 15.1. The lowest BCUT2D eigenvalue weighted by Crippen LogP contribution is -2.25. The Morgan fingerprint density at radius 2 is 0.729 bits per heavy atom. The second kappa shape index (κ2) is 12.6. The fraction of sp³-hybridized carbons (Fsp3) is 0.0690. The van der Waals surface area contributed by atoms with E-state index in [0.29, 0.717) is 0 Å². The number of rotatable bonds is 5. The number of nitrogens with zero attached hydrogens (tertiary/aromatic N) is 1. The van der Waals surface area contributed by atoms with Crippen LogP contribution in [0, 0.1) is 0 Å². The summed E-state index contributed by atoms with van der Waals surface area (Å²) in [5, 5.41) is 0. The van der Waals surface area contributed by atoms with E-state index in [0.717, 1.165) is 17.1 Å². The van der Waals surface area contributed by atoms with Crippen molar-refractivity contribution in [1.82, 2.24) is 0 Å². The lowest BCUT2D eigenvalue weighted by atomic mass is 9.70. The monoisotopic (exact) mass is 751 g/mol. The molecule has 9 aromatic rings. The van der Waals surface area contributed by atoms with Gasteiger partial charge in [-0.25, -0.2) is 0 Å². The van der Waals surface area contributed by atoms with Crippen molar-refractivity contribution in [3.63, 3.8) is 0 Å². The van der Waals surface area contributed by atoms with Gasteiger partial charge in [0.2, 0.25) is 0 Å². The molecule has 0 aromatic heterocycles. The van der Waals surface area contributed by atoms with Gasteiger partial charge in [-0.1, -0.05) is 190 Å². The van der Waals surface area contributed by atoms with E-state index in [9.17, 15) is 0 Å². The minimum absolute atomic E-state index is 0.110. The summed E-state index contributed by atoms with van der Waals surface area (Å²) in [5.74, 6) is 0. The zero-order valence-corrected chi connectivity index (χ0v) is 33.2. The summed E-state index contributed by atoms with van der Waals surface area (Å²) in [6, 6.07) is 79.1. The van der Waals surface area contributed by atoms with Crippen molar-refractivity contribution in [2.24, 2.45) is 0 Å². The Balaban J connectivity index is 1.01. The Bertz CT molecular complexity index is 3070. The summed E-state index contributed by atoms with van der Waals surface area (Å²) in [6.45, 7) is 4.72. The molecular formula is C58H41N. The molecule has 59 heavy (non-hydrogen) atoms. The number of benzene rings is 9. The van der Waals surface area contributed by atoms with Crippen LogP contribution >= 0.6 is 0 Å². The summed E-state index contributed by atoms with van der Waals surface area (Å²) in [7, 11) is 0. The van der Waals surface area contributed by atoms with Crippen LogP contribution in [-0.4, -0.2) is 0 Å². The predicted octanol–water partition coefficient (Wildman–Crippen LogP) is 15.1. The molecule has 1 heteroatoms. The van der Waals surface area contributed by atoms with Gasteiger partial charge in [0, 0.05) is 22.4 Å². The number of hydrogen-bond acceptors (Lipinski definition) is 1. The van der Waals surface area contributed by atoms with Gasteiger partial charge in [0.1, 0.15) is 0 Å². The molecule has 1 nitrogen and oxygen atoms in total. The highest BCUT2D eigenvalue weighted by molar-refractivity contribution is 5.96. The first-order valence-electron chi connectivity index (χ1n) is 20.8. The van der Waals surface area contributed by atoms with E-state index in [2.05, 4.69) is 231 Å². The number of fused-ring (bicyclic) bond motifs is 13. The quantitative estimate of drug-likeness (QED) is 0.169. The summed E-state index contributed by atoms with van der Waals surface area (Å²) >= 11 is 0. The largest absolute Gasteiger partial charge is 0.310 e. The predicted molar refractivity (Wildman–Crippen MR) is 246 cm³/mol. The molecule has 0 fully saturated rings. The Kier molecular flexibility index (Phi) is 7.26. The SMILES string of the molecule is CC1(C)c2ccccc2-c2ccc(N(c3ccc(-c4ccc5c(c4)C4(c6ccccc6-c6ccccc64)c4ccccc4-5)cc3)c3ccccc3-c3ccccc3)cc21. The number of anilines is 3. The van der Waals surface area contributed by atoms with Crippen LogP contribution in [0.3, 0.4) is 0 Å². The third-order valence-electron chi connectivity index (χ3n) is 13.5. The zero-order valence-electron chi connectivity index (χ0n) is 33.2. The van der Waals surface area contributed by atoms with Crippen LogP contribution in [0.1, 0.15) is 47.2 Å². The fourth-order valence-corrected chi connectivity index (χ4v) is 10.9. The third kappa shape index (κ3) is 4.73. The van der Waals surface area contributed by atoms with Crippen molar-refractivity contribution in [1.29, 1.82) is 0 Å². The molecule has 3 aliphatic carbocycles. The first-order chi connectivity index (χ1) is 29.0. The van der Waals surface area contributed by atoms with Gasteiger partial charge >= 0.3 is 0 Å². The van der Waals surface area contributed by atoms with Crippen molar-refractivity contribution in [3.8, 4) is 55.6 Å². The topological polar surface area (TPSA) is 3.24 Å². The van der Waals surface area contributed by atoms with E-state index in [1.165, 1.54) is 89.0 Å². The second-order valence-electron chi connectivity index (χ2n) is 16.8. The van der Waals surface area contributed by atoms with Crippen LogP contribution in [0.4, 0.5) is 17.1 Å². The van der Waals surface area contributed by atoms with Crippen LogP contribution in [0.25, 0.3) is 55.6 Å². The molecule has 0 saturated carbocycles.